The average molecular weight is 289 g/mol. The van der Waals surface area contributed by atoms with Crippen LogP contribution in [0.1, 0.15) is 12.0 Å². The minimum Gasteiger partial charge on any atom is -0.539 e. The monoisotopic (exact) mass is 289 g/mol. The minimum atomic E-state index is -2.07. The summed E-state index contributed by atoms with van der Waals surface area (Å²) in [6, 6.07) is 10.7. The third kappa shape index (κ3) is 6.05. The van der Waals surface area contributed by atoms with Crippen molar-refractivity contribution in [1.82, 2.24) is 0 Å². The van der Waals surface area contributed by atoms with E-state index < -0.39 is 11.9 Å². The van der Waals surface area contributed by atoms with Gasteiger partial charge in [-0.25, -0.2) is 4.79 Å². The first-order valence-corrected chi connectivity index (χ1v) is 6.67. The number of carboxylic acids is 2. The molecule has 2 rings (SSSR count). The van der Waals surface area contributed by atoms with Crippen LogP contribution in [0.5, 0.6) is 0 Å². The molecule has 1 unspecified atom stereocenters. The van der Waals surface area contributed by atoms with Gasteiger partial charge in [0.2, 0.25) is 0 Å². The highest BCUT2D eigenvalue weighted by atomic mass is 16.4. The molecule has 0 saturated heterocycles. The van der Waals surface area contributed by atoms with Gasteiger partial charge in [-0.15, -0.1) is 0 Å². The van der Waals surface area contributed by atoms with Crippen molar-refractivity contribution >= 4 is 17.5 Å². The van der Waals surface area contributed by atoms with Crippen molar-refractivity contribution in [2.45, 2.75) is 6.42 Å². The van der Waals surface area contributed by atoms with Crippen LogP contribution in [0.25, 0.3) is 5.57 Å². The third-order valence-electron chi connectivity index (χ3n) is 3.14. The first-order chi connectivity index (χ1) is 10.0. The van der Waals surface area contributed by atoms with Crippen LogP contribution >= 0.6 is 0 Å². The Morgan fingerprint density at radius 2 is 1.95 bits per heavy atom. The van der Waals surface area contributed by atoms with Gasteiger partial charge in [0.1, 0.15) is 0 Å². The van der Waals surface area contributed by atoms with E-state index in [1.165, 1.54) is 24.1 Å². The maximum atomic E-state index is 9.04. The van der Waals surface area contributed by atoms with Gasteiger partial charge >= 0.3 is 5.97 Å². The molecule has 0 aromatic heterocycles. The first-order valence-electron chi connectivity index (χ1n) is 6.67. The van der Waals surface area contributed by atoms with Crippen molar-refractivity contribution in [3.63, 3.8) is 0 Å². The molecule has 0 bridgehead atoms. The van der Waals surface area contributed by atoms with E-state index in [4.69, 9.17) is 19.8 Å². The minimum absolute atomic E-state index is 1.08. The largest absolute Gasteiger partial charge is 0.539 e. The van der Waals surface area contributed by atoms with Crippen molar-refractivity contribution in [2.24, 2.45) is 0 Å². The standard InChI is InChI=1S/C14H17N.C2H2O4/c1-2-10-15-11-8-14(9-12-15)13-6-4-3-5-7-13;3-1(4)2(5)6/h2-8H,1,9-12H2;(H,3,4)(H,5,6). The van der Waals surface area contributed by atoms with E-state index in [0.717, 1.165) is 13.1 Å². The molecule has 0 aliphatic carbocycles. The number of carboxylic acid groups (broad SMARTS) is 2. The molecule has 1 atom stereocenters. The SMILES string of the molecule is C=CC[NH+]1CC=C(c2ccccc2)CC1.O=C([O-])C(=O)O. The molecule has 0 fully saturated rings. The quantitative estimate of drug-likeness (QED) is 0.573. The van der Waals surface area contributed by atoms with Crippen LogP contribution in [0.3, 0.4) is 0 Å². The van der Waals surface area contributed by atoms with Gasteiger partial charge in [-0.1, -0.05) is 36.9 Å². The average Bonchev–Trinajstić information content (AvgIpc) is 2.50. The molecule has 1 aromatic rings. The van der Waals surface area contributed by atoms with Crippen molar-refractivity contribution in [1.29, 1.82) is 0 Å². The Bertz CT molecular complexity index is 510. The molecule has 112 valence electrons. The zero-order chi connectivity index (χ0) is 15.7. The normalized spacial score (nSPS) is 17.0. The number of quaternary nitrogens is 1. The predicted octanol–water partition coefficient (Wildman–Crippen LogP) is -0.634. The van der Waals surface area contributed by atoms with Gasteiger partial charge in [0.15, 0.2) is 5.97 Å². The fourth-order valence-electron chi connectivity index (χ4n) is 2.09. The van der Waals surface area contributed by atoms with Crippen molar-refractivity contribution < 1.29 is 24.7 Å². The summed E-state index contributed by atoms with van der Waals surface area (Å²) in [5, 5.41) is 16.3. The lowest BCUT2D eigenvalue weighted by Crippen LogP contribution is -3.12. The number of rotatable bonds is 3. The highest BCUT2D eigenvalue weighted by Gasteiger charge is 2.13. The Morgan fingerprint density at radius 3 is 2.38 bits per heavy atom. The number of carbonyl (C=O) groups is 2. The summed E-state index contributed by atoms with van der Waals surface area (Å²) in [4.78, 5) is 19.6. The van der Waals surface area contributed by atoms with E-state index in [9.17, 15) is 0 Å². The molecular formula is C16H19NO4. The maximum Gasteiger partial charge on any atom is 0.351 e. The second kappa shape index (κ2) is 8.71. The summed E-state index contributed by atoms with van der Waals surface area (Å²) in [5.74, 6) is -4.01. The molecule has 1 aliphatic rings. The Kier molecular flexibility index (Phi) is 6.91. The topological polar surface area (TPSA) is 81.9 Å². The lowest BCUT2D eigenvalue weighted by atomic mass is 10.00. The summed E-state index contributed by atoms with van der Waals surface area (Å²) in [7, 11) is 0. The Balaban J connectivity index is 0.000000315. The molecule has 0 radical (unpaired) electrons. The molecule has 21 heavy (non-hydrogen) atoms. The van der Waals surface area contributed by atoms with Crippen molar-refractivity contribution in [2.75, 3.05) is 19.6 Å². The summed E-state index contributed by atoms with van der Waals surface area (Å²) < 4.78 is 0. The zero-order valence-electron chi connectivity index (χ0n) is 11.7. The second-order valence-corrected chi connectivity index (χ2v) is 4.63. The molecule has 0 amide bonds. The highest BCUT2D eigenvalue weighted by Crippen LogP contribution is 2.17. The fraction of sp³-hybridized carbons (Fsp3) is 0.250. The molecule has 1 aromatic carbocycles. The van der Waals surface area contributed by atoms with Gasteiger partial charge in [0.25, 0.3) is 0 Å². The van der Waals surface area contributed by atoms with Crippen LogP contribution in [-0.4, -0.2) is 36.7 Å². The third-order valence-corrected chi connectivity index (χ3v) is 3.14. The maximum absolute atomic E-state index is 9.04. The van der Waals surface area contributed by atoms with E-state index in [1.54, 1.807) is 4.90 Å². The lowest BCUT2D eigenvalue weighted by Gasteiger charge is -2.22. The van der Waals surface area contributed by atoms with Gasteiger partial charge in [0, 0.05) is 6.42 Å². The number of hydrogen-bond acceptors (Lipinski definition) is 3. The second-order valence-electron chi connectivity index (χ2n) is 4.63. The molecule has 0 spiro atoms. The molecule has 1 aliphatic heterocycles. The highest BCUT2D eigenvalue weighted by molar-refractivity contribution is 6.26. The summed E-state index contributed by atoms with van der Waals surface area (Å²) in [6.07, 6.45) is 5.57. The number of nitrogens with one attached hydrogen (secondary N) is 1. The van der Waals surface area contributed by atoms with E-state index in [0.29, 0.717) is 0 Å². The van der Waals surface area contributed by atoms with E-state index in [1.807, 2.05) is 6.08 Å². The predicted molar refractivity (Wildman–Crippen MR) is 77.4 cm³/mol. The summed E-state index contributed by atoms with van der Waals surface area (Å²) >= 11 is 0. The van der Waals surface area contributed by atoms with Crippen LogP contribution in [0, 0.1) is 0 Å². The van der Waals surface area contributed by atoms with Gasteiger partial charge in [0.05, 0.1) is 19.6 Å². The summed E-state index contributed by atoms with van der Waals surface area (Å²) in [5.41, 5.74) is 2.89. The smallest absolute Gasteiger partial charge is 0.351 e. The number of hydrogen-bond donors (Lipinski definition) is 2. The van der Waals surface area contributed by atoms with Gasteiger partial charge < -0.3 is 19.9 Å². The van der Waals surface area contributed by atoms with E-state index in [2.05, 4.69) is 43.0 Å². The van der Waals surface area contributed by atoms with Gasteiger partial charge in [-0.2, -0.15) is 0 Å². The molecule has 2 N–H and O–H groups in total. The number of aliphatic carboxylic acids is 2. The van der Waals surface area contributed by atoms with Crippen LogP contribution in [-0.2, 0) is 9.59 Å². The summed E-state index contributed by atoms with van der Waals surface area (Å²) in [6.45, 7) is 7.24. The molecule has 0 saturated carbocycles. The molecular weight excluding hydrogens is 270 g/mol. The van der Waals surface area contributed by atoms with E-state index >= 15 is 0 Å². The lowest BCUT2D eigenvalue weighted by molar-refractivity contribution is -0.888. The Morgan fingerprint density at radius 1 is 1.33 bits per heavy atom. The van der Waals surface area contributed by atoms with Crippen LogP contribution in [0.15, 0.2) is 49.1 Å². The molecule has 1 heterocycles. The molecule has 5 nitrogen and oxygen atoms in total. The van der Waals surface area contributed by atoms with Gasteiger partial charge in [-0.05, 0) is 23.3 Å². The Labute approximate surface area is 123 Å². The molecule has 5 heteroatoms. The van der Waals surface area contributed by atoms with Crippen LogP contribution in [0.2, 0.25) is 0 Å². The van der Waals surface area contributed by atoms with E-state index in [-0.39, 0.29) is 0 Å². The first kappa shape index (κ1) is 16.7. The van der Waals surface area contributed by atoms with Crippen LogP contribution in [0.4, 0.5) is 0 Å². The Hall–Kier alpha value is -2.40. The zero-order valence-corrected chi connectivity index (χ0v) is 11.7. The van der Waals surface area contributed by atoms with Gasteiger partial charge in [-0.3, -0.25) is 0 Å². The number of benzene rings is 1. The fourth-order valence-corrected chi connectivity index (χ4v) is 2.09. The van der Waals surface area contributed by atoms with Crippen LogP contribution < -0.4 is 10.0 Å². The number of carbonyl (C=O) groups excluding carboxylic acids is 1. The van der Waals surface area contributed by atoms with Crippen molar-refractivity contribution in [3.8, 4) is 0 Å². The van der Waals surface area contributed by atoms with Crippen molar-refractivity contribution in [3.05, 3.63) is 54.6 Å².